The van der Waals surface area contributed by atoms with Crippen LogP contribution < -0.4 is 5.73 Å². The molecule has 2 N–H and O–H groups in total. The molecule has 18 heavy (non-hydrogen) atoms. The first kappa shape index (κ1) is 13.1. The average Bonchev–Trinajstić information content (AvgIpc) is 2.78. The van der Waals surface area contributed by atoms with Crippen LogP contribution >= 0.6 is 0 Å². The number of nitrogens with two attached hydrogens (primary N) is 1. The molecular weight excluding hydrogens is 224 g/mol. The van der Waals surface area contributed by atoms with Crippen molar-refractivity contribution in [3.63, 3.8) is 0 Å². The number of benzene rings is 1. The fourth-order valence-electron chi connectivity index (χ4n) is 2.81. The Kier molecular flexibility index (Phi) is 4.02. The Morgan fingerprint density at radius 1 is 1.44 bits per heavy atom. The van der Waals surface area contributed by atoms with Gasteiger partial charge >= 0.3 is 0 Å². The molecule has 2 rings (SSSR count). The van der Waals surface area contributed by atoms with E-state index in [2.05, 4.69) is 13.8 Å². The SMILES string of the molecule is CCc1ccccc1C(=O)N1CCC(C)C1CN. The lowest BCUT2D eigenvalue weighted by Gasteiger charge is -2.26. The third kappa shape index (κ3) is 2.27. The molecule has 1 heterocycles. The number of hydrogen-bond donors (Lipinski definition) is 1. The molecule has 0 saturated carbocycles. The standard InChI is InChI=1S/C15H22N2O/c1-3-12-6-4-5-7-13(12)15(18)17-9-8-11(2)14(17)10-16/h4-7,11,14H,3,8-10,16H2,1-2H3. The lowest BCUT2D eigenvalue weighted by molar-refractivity contribution is 0.0726. The van der Waals surface area contributed by atoms with Crippen LogP contribution in [-0.4, -0.2) is 29.9 Å². The lowest BCUT2D eigenvalue weighted by atomic mass is 10.0. The Balaban J connectivity index is 2.26. The highest BCUT2D eigenvalue weighted by Crippen LogP contribution is 2.25. The van der Waals surface area contributed by atoms with Crippen molar-refractivity contribution >= 4 is 5.91 Å². The van der Waals surface area contributed by atoms with Crippen molar-refractivity contribution in [3.05, 3.63) is 35.4 Å². The number of amides is 1. The predicted octanol–water partition coefficient (Wildman–Crippen LogP) is 2.06. The van der Waals surface area contributed by atoms with E-state index in [1.165, 1.54) is 0 Å². The summed E-state index contributed by atoms with van der Waals surface area (Å²) in [6.07, 6.45) is 1.94. The van der Waals surface area contributed by atoms with Gasteiger partial charge < -0.3 is 10.6 Å². The number of aryl methyl sites for hydroxylation is 1. The highest BCUT2D eigenvalue weighted by atomic mass is 16.2. The highest BCUT2D eigenvalue weighted by Gasteiger charge is 2.34. The maximum absolute atomic E-state index is 12.6. The Morgan fingerprint density at radius 2 is 2.17 bits per heavy atom. The van der Waals surface area contributed by atoms with Crippen molar-refractivity contribution in [3.8, 4) is 0 Å². The molecule has 0 aliphatic carbocycles. The molecule has 2 atom stereocenters. The van der Waals surface area contributed by atoms with Gasteiger partial charge in [-0.05, 0) is 30.4 Å². The van der Waals surface area contributed by atoms with E-state index in [4.69, 9.17) is 5.73 Å². The summed E-state index contributed by atoms with van der Waals surface area (Å²) in [5.74, 6) is 0.653. The molecule has 98 valence electrons. The van der Waals surface area contributed by atoms with E-state index in [9.17, 15) is 4.79 Å². The van der Waals surface area contributed by atoms with Gasteiger partial charge in [0.2, 0.25) is 0 Å². The molecular formula is C15H22N2O. The van der Waals surface area contributed by atoms with Gasteiger partial charge in [-0.2, -0.15) is 0 Å². The minimum absolute atomic E-state index is 0.146. The van der Waals surface area contributed by atoms with Gasteiger partial charge in [0.1, 0.15) is 0 Å². The molecule has 0 bridgehead atoms. The van der Waals surface area contributed by atoms with E-state index in [1.807, 2.05) is 29.2 Å². The Bertz CT molecular complexity index is 430. The van der Waals surface area contributed by atoms with Gasteiger partial charge in [0, 0.05) is 24.7 Å². The number of nitrogens with zero attached hydrogens (tertiary/aromatic N) is 1. The van der Waals surface area contributed by atoms with Gasteiger partial charge in [0.15, 0.2) is 0 Å². The van der Waals surface area contributed by atoms with Crippen LogP contribution in [0.3, 0.4) is 0 Å². The zero-order valence-electron chi connectivity index (χ0n) is 11.2. The number of rotatable bonds is 3. The van der Waals surface area contributed by atoms with Crippen molar-refractivity contribution < 1.29 is 4.79 Å². The molecule has 1 aromatic rings. The predicted molar refractivity (Wildman–Crippen MR) is 73.5 cm³/mol. The zero-order valence-corrected chi connectivity index (χ0v) is 11.2. The molecule has 1 aromatic carbocycles. The highest BCUT2D eigenvalue weighted by molar-refractivity contribution is 5.96. The first-order valence-corrected chi connectivity index (χ1v) is 6.78. The quantitative estimate of drug-likeness (QED) is 0.887. The van der Waals surface area contributed by atoms with Crippen LogP contribution in [-0.2, 0) is 6.42 Å². The summed E-state index contributed by atoms with van der Waals surface area (Å²) in [4.78, 5) is 14.6. The minimum Gasteiger partial charge on any atom is -0.334 e. The molecule has 0 spiro atoms. The molecule has 2 unspecified atom stereocenters. The lowest BCUT2D eigenvalue weighted by Crippen LogP contribution is -2.42. The summed E-state index contributed by atoms with van der Waals surface area (Å²) in [6.45, 7) is 5.65. The molecule has 1 saturated heterocycles. The second-order valence-electron chi connectivity index (χ2n) is 5.08. The van der Waals surface area contributed by atoms with E-state index in [1.54, 1.807) is 0 Å². The van der Waals surface area contributed by atoms with E-state index in [-0.39, 0.29) is 11.9 Å². The van der Waals surface area contributed by atoms with Crippen molar-refractivity contribution in [1.82, 2.24) is 4.90 Å². The smallest absolute Gasteiger partial charge is 0.254 e. The van der Waals surface area contributed by atoms with E-state index in [0.717, 1.165) is 30.5 Å². The second kappa shape index (κ2) is 5.53. The summed E-state index contributed by atoms with van der Waals surface area (Å²) < 4.78 is 0. The van der Waals surface area contributed by atoms with Crippen LogP contribution in [0.15, 0.2) is 24.3 Å². The Labute approximate surface area is 109 Å². The molecule has 1 amide bonds. The number of carbonyl (C=O) groups is 1. The fraction of sp³-hybridized carbons (Fsp3) is 0.533. The molecule has 0 aromatic heterocycles. The van der Waals surface area contributed by atoms with E-state index in [0.29, 0.717) is 12.5 Å². The van der Waals surface area contributed by atoms with Crippen LogP contribution in [0.25, 0.3) is 0 Å². The molecule has 1 aliphatic heterocycles. The second-order valence-corrected chi connectivity index (χ2v) is 5.08. The van der Waals surface area contributed by atoms with Crippen LogP contribution in [0.1, 0.15) is 36.2 Å². The fourth-order valence-corrected chi connectivity index (χ4v) is 2.81. The number of carbonyl (C=O) groups excluding carboxylic acids is 1. The minimum atomic E-state index is 0.146. The maximum atomic E-state index is 12.6. The van der Waals surface area contributed by atoms with Gasteiger partial charge in [-0.1, -0.05) is 32.0 Å². The van der Waals surface area contributed by atoms with Crippen molar-refractivity contribution in [2.45, 2.75) is 32.7 Å². The van der Waals surface area contributed by atoms with Crippen molar-refractivity contribution in [2.24, 2.45) is 11.7 Å². The largest absolute Gasteiger partial charge is 0.334 e. The van der Waals surface area contributed by atoms with Crippen LogP contribution in [0.2, 0.25) is 0 Å². The van der Waals surface area contributed by atoms with Gasteiger partial charge in [-0.15, -0.1) is 0 Å². The van der Waals surface area contributed by atoms with Gasteiger partial charge in [0.05, 0.1) is 0 Å². The normalized spacial score (nSPS) is 23.4. The molecule has 1 aliphatic rings. The summed E-state index contributed by atoms with van der Waals surface area (Å²) >= 11 is 0. The maximum Gasteiger partial charge on any atom is 0.254 e. The number of likely N-dealkylation sites (tertiary alicyclic amines) is 1. The van der Waals surface area contributed by atoms with E-state index >= 15 is 0 Å². The van der Waals surface area contributed by atoms with Crippen molar-refractivity contribution in [1.29, 1.82) is 0 Å². The summed E-state index contributed by atoms with van der Waals surface area (Å²) in [5, 5.41) is 0. The van der Waals surface area contributed by atoms with Crippen LogP contribution in [0, 0.1) is 5.92 Å². The molecule has 1 fully saturated rings. The topological polar surface area (TPSA) is 46.3 Å². The molecule has 3 nitrogen and oxygen atoms in total. The molecule has 3 heteroatoms. The van der Waals surface area contributed by atoms with Gasteiger partial charge in [0.25, 0.3) is 5.91 Å². The van der Waals surface area contributed by atoms with Crippen molar-refractivity contribution in [2.75, 3.05) is 13.1 Å². The average molecular weight is 246 g/mol. The monoisotopic (exact) mass is 246 g/mol. The van der Waals surface area contributed by atoms with Crippen LogP contribution in [0.5, 0.6) is 0 Å². The molecule has 0 radical (unpaired) electrons. The first-order valence-electron chi connectivity index (χ1n) is 6.78. The summed E-state index contributed by atoms with van der Waals surface area (Å²) in [7, 11) is 0. The Morgan fingerprint density at radius 3 is 2.83 bits per heavy atom. The third-order valence-electron chi connectivity index (χ3n) is 4.01. The Hall–Kier alpha value is -1.35. The summed E-state index contributed by atoms with van der Waals surface area (Å²) in [6, 6.07) is 8.08. The number of hydrogen-bond acceptors (Lipinski definition) is 2. The van der Waals surface area contributed by atoms with Gasteiger partial charge in [-0.3, -0.25) is 4.79 Å². The zero-order chi connectivity index (χ0) is 13.1. The first-order chi connectivity index (χ1) is 8.69. The van der Waals surface area contributed by atoms with Crippen LogP contribution in [0.4, 0.5) is 0 Å². The third-order valence-corrected chi connectivity index (χ3v) is 4.01. The summed E-state index contributed by atoms with van der Waals surface area (Å²) in [5.41, 5.74) is 7.77. The van der Waals surface area contributed by atoms with E-state index < -0.39 is 0 Å². The van der Waals surface area contributed by atoms with Gasteiger partial charge in [-0.25, -0.2) is 0 Å².